The number of hydrogen-bond donors (Lipinski definition) is 2. The third-order valence-electron chi connectivity index (χ3n) is 4.10. The van der Waals surface area contributed by atoms with Crippen LogP contribution in [0.2, 0.25) is 0 Å². The predicted octanol–water partition coefficient (Wildman–Crippen LogP) is 3.52. The Bertz CT molecular complexity index is 1080. The molecule has 1 amide bonds. The lowest BCUT2D eigenvalue weighted by atomic mass is 10.1. The van der Waals surface area contributed by atoms with E-state index in [9.17, 15) is 4.79 Å². The van der Waals surface area contributed by atoms with Gasteiger partial charge in [0.2, 0.25) is 0 Å². The van der Waals surface area contributed by atoms with E-state index in [-0.39, 0.29) is 5.91 Å². The molecule has 0 unspecified atom stereocenters. The zero-order chi connectivity index (χ0) is 17.4. The molecule has 25 heavy (non-hydrogen) atoms. The third kappa shape index (κ3) is 2.89. The van der Waals surface area contributed by atoms with Gasteiger partial charge in [-0.1, -0.05) is 23.8 Å². The van der Waals surface area contributed by atoms with Gasteiger partial charge in [-0.2, -0.15) is 5.10 Å². The van der Waals surface area contributed by atoms with Gasteiger partial charge in [-0.15, -0.1) is 0 Å². The Kier molecular flexibility index (Phi) is 3.57. The number of carbonyl (C=O) groups is 1. The maximum atomic E-state index is 12.3. The predicted molar refractivity (Wildman–Crippen MR) is 97.4 cm³/mol. The summed E-state index contributed by atoms with van der Waals surface area (Å²) in [5, 5.41) is 7.80. The second-order valence-corrected chi connectivity index (χ2v) is 5.98. The first kappa shape index (κ1) is 15.1. The number of aryl methyl sites for hydroxylation is 2. The lowest BCUT2D eigenvalue weighted by Gasteiger charge is -2.04. The second-order valence-electron chi connectivity index (χ2n) is 5.98. The molecular weight excluding hydrogens is 314 g/mol. The first-order chi connectivity index (χ1) is 12.1. The molecule has 124 valence electrons. The monoisotopic (exact) mass is 331 g/mol. The van der Waals surface area contributed by atoms with E-state index in [2.05, 4.69) is 51.6 Å². The molecule has 0 bridgehead atoms. The highest BCUT2D eigenvalue weighted by atomic mass is 16.2. The molecule has 4 rings (SSSR count). The average Bonchev–Trinajstić information content (AvgIpc) is 3.20. The van der Waals surface area contributed by atoms with E-state index >= 15 is 0 Å². The van der Waals surface area contributed by atoms with E-state index in [1.54, 1.807) is 25.4 Å². The first-order valence-electron chi connectivity index (χ1n) is 7.96. The van der Waals surface area contributed by atoms with E-state index < -0.39 is 0 Å². The lowest BCUT2D eigenvalue weighted by molar-refractivity contribution is 0.101. The van der Waals surface area contributed by atoms with Gasteiger partial charge in [0.05, 0.1) is 0 Å². The van der Waals surface area contributed by atoms with E-state index in [1.165, 1.54) is 10.2 Å². The van der Waals surface area contributed by atoms with Crippen LogP contribution in [0.25, 0.3) is 22.3 Å². The van der Waals surface area contributed by atoms with Gasteiger partial charge in [-0.05, 0) is 42.8 Å². The van der Waals surface area contributed by atoms with Crippen molar-refractivity contribution < 1.29 is 4.79 Å². The maximum Gasteiger partial charge on any atom is 0.275 e. The summed E-state index contributed by atoms with van der Waals surface area (Å²) in [5.41, 5.74) is 4.53. The highest BCUT2D eigenvalue weighted by Crippen LogP contribution is 2.25. The van der Waals surface area contributed by atoms with E-state index in [0.29, 0.717) is 11.5 Å². The number of pyridine rings is 1. The van der Waals surface area contributed by atoms with Crippen molar-refractivity contribution >= 4 is 22.8 Å². The van der Waals surface area contributed by atoms with Crippen LogP contribution in [0.5, 0.6) is 0 Å². The van der Waals surface area contributed by atoms with Crippen molar-refractivity contribution in [2.24, 2.45) is 7.05 Å². The van der Waals surface area contributed by atoms with Crippen LogP contribution < -0.4 is 5.32 Å². The molecule has 0 radical (unpaired) electrons. The quantitative estimate of drug-likeness (QED) is 0.603. The number of nitrogens with one attached hydrogen (secondary N) is 2. The van der Waals surface area contributed by atoms with Crippen LogP contribution in [-0.2, 0) is 7.05 Å². The Labute approximate surface area is 144 Å². The van der Waals surface area contributed by atoms with Gasteiger partial charge in [-0.25, -0.2) is 4.98 Å². The molecule has 0 aliphatic rings. The SMILES string of the molecule is Cc1cccc(-c2cc3ccc(NC(=O)c4ccnn4C)nc3[nH]2)c1. The summed E-state index contributed by atoms with van der Waals surface area (Å²) in [4.78, 5) is 20.1. The number of hydrogen-bond acceptors (Lipinski definition) is 3. The highest BCUT2D eigenvalue weighted by molar-refractivity contribution is 6.03. The Morgan fingerprint density at radius 2 is 2.04 bits per heavy atom. The minimum atomic E-state index is -0.239. The van der Waals surface area contributed by atoms with Crippen molar-refractivity contribution in [2.45, 2.75) is 6.92 Å². The fraction of sp³-hybridized carbons (Fsp3) is 0.105. The van der Waals surface area contributed by atoms with Crippen LogP contribution in [0.1, 0.15) is 16.1 Å². The first-order valence-corrected chi connectivity index (χ1v) is 7.96. The molecule has 4 aromatic rings. The fourth-order valence-corrected chi connectivity index (χ4v) is 2.82. The van der Waals surface area contributed by atoms with Crippen LogP contribution >= 0.6 is 0 Å². The van der Waals surface area contributed by atoms with E-state index in [4.69, 9.17) is 0 Å². The molecule has 0 atom stereocenters. The minimum Gasteiger partial charge on any atom is -0.339 e. The summed E-state index contributed by atoms with van der Waals surface area (Å²) >= 11 is 0. The van der Waals surface area contributed by atoms with Crippen LogP contribution in [-0.4, -0.2) is 25.7 Å². The van der Waals surface area contributed by atoms with Crippen molar-refractivity contribution in [2.75, 3.05) is 5.32 Å². The molecular formula is C19H17N5O. The number of carbonyl (C=O) groups excluding carboxylic acids is 1. The van der Waals surface area contributed by atoms with Crippen molar-refractivity contribution in [3.63, 3.8) is 0 Å². The normalized spacial score (nSPS) is 11.0. The van der Waals surface area contributed by atoms with Crippen molar-refractivity contribution in [1.29, 1.82) is 0 Å². The zero-order valence-electron chi connectivity index (χ0n) is 13.9. The van der Waals surface area contributed by atoms with Gasteiger partial charge in [0.15, 0.2) is 0 Å². The Morgan fingerprint density at radius 3 is 2.80 bits per heavy atom. The Hall–Kier alpha value is -3.41. The number of H-pyrrole nitrogens is 1. The van der Waals surface area contributed by atoms with Gasteiger partial charge in [0.1, 0.15) is 17.2 Å². The van der Waals surface area contributed by atoms with Gasteiger partial charge in [0.25, 0.3) is 5.91 Å². The zero-order valence-corrected chi connectivity index (χ0v) is 13.9. The summed E-state index contributed by atoms with van der Waals surface area (Å²) in [6.07, 6.45) is 1.59. The molecule has 6 heteroatoms. The Balaban J connectivity index is 1.64. The standard InChI is InChI=1S/C19H17N5O/c1-12-4-3-5-13(10-12)15-11-14-6-7-17(22-18(14)21-15)23-19(25)16-8-9-20-24(16)2/h3-11H,1-2H3,(H2,21,22,23,25). The molecule has 0 spiro atoms. The summed E-state index contributed by atoms with van der Waals surface area (Å²) in [7, 11) is 1.73. The number of anilines is 1. The van der Waals surface area contributed by atoms with Crippen molar-refractivity contribution in [3.8, 4) is 11.3 Å². The molecule has 2 N–H and O–H groups in total. The van der Waals surface area contributed by atoms with Crippen LogP contribution in [0, 0.1) is 6.92 Å². The number of aromatic amines is 1. The topological polar surface area (TPSA) is 75.6 Å². The molecule has 3 aromatic heterocycles. The van der Waals surface area contributed by atoms with Crippen LogP contribution in [0.4, 0.5) is 5.82 Å². The summed E-state index contributed by atoms with van der Waals surface area (Å²) in [6, 6.07) is 15.7. The smallest absolute Gasteiger partial charge is 0.275 e. The Morgan fingerprint density at radius 1 is 1.16 bits per heavy atom. The number of amides is 1. The molecule has 3 heterocycles. The molecule has 0 fully saturated rings. The number of fused-ring (bicyclic) bond motifs is 1. The molecule has 0 saturated heterocycles. The summed E-state index contributed by atoms with van der Waals surface area (Å²) in [5.74, 6) is 0.258. The van der Waals surface area contributed by atoms with Crippen molar-refractivity contribution in [3.05, 3.63) is 66.0 Å². The summed E-state index contributed by atoms with van der Waals surface area (Å²) < 4.78 is 1.53. The van der Waals surface area contributed by atoms with Gasteiger partial charge < -0.3 is 10.3 Å². The molecule has 6 nitrogen and oxygen atoms in total. The molecule has 1 aromatic carbocycles. The second kappa shape index (κ2) is 5.90. The van der Waals surface area contributed by atoms with Gasteiger partial charge >= 0.3 is 0 Å². The fourth-order valence-electron chi connectivity index (χ4n) is 2.82. The molecule has 0 saturated carbocycles. The lowest BCUT2D eigenvalue weighted by Crippen LogP contribution is -2.16. The maximum absolute atomic E-state index is 12.3. The van der Waals surface area contributed by atoms with Crippen LogP contribution in [0.3, 0.4) is 0 Å². The average molecular weight is 331 g/mol. The van der Waals surface area contributed by atoms with Crippen molar-refractivity contribution in [1.82, 2.24) is 19.7 Å². The number of benzene rings is 1. The molecule has 0 aliphatic heterocycles. The summed E-state index contributed by atoms with van der Waals surface area (Å²) in [6.45, 7) is 2.07. The number of rotatable bonds is 3. The number of aromatic nitrogens is 4. The third-order valence-corrected chi connectivity index (χ3v) is 4.10. The minimum absolute atomic E-state index is 0.239. The van der Waals surface area contributed by atoms with Crippen LogP contribution in [0.15, 0.2) is 54.7 Å². The van der Waals surface area contributed by atoms with Gasteiger partial charge in [-0.3, -0.25) is 9.48 Å². The molecule has 0 aliphatic carbocycles. The van der Waals surface area contributed by atoms with Gasteiger partial charge in [0, 0.05) is 24.3 Å². The highest BCUT2D eigenvalue weighted by Gasteiger charge is 2.12. The number of nitrogens with zero attached hydrogens (tertiary/aromatic N) is 3. The largest absolute Gasteiger partial charge is 0.339 e. The van der Waals surface area contributed by atoms with E-state index in [1.807, 2.05) is 12.1 Å². The van der Waals surface area contributed by atoms with E-state index in [0.717, 1.165) is 22.3 Å².